The standard InChI is InChI=1S/C11H20O2.C11H20O.3C10H19NO.C10H20O.C8H14O2.C7H15NO2S.C7H13NO2.2C7H14.C6H12O2S.6CH4/c1-7(2)8-5-9-10(6-8)13-11(3,4)12-9;1-8(2)10-6-9-4-3-5-12-11(9)7-10;3*1-7(2)9-5-10(6-9)11(4)8(3)12;1-8(2)9-5-6-10(3,4)11-7-9;1-5(2)6-3-7(4-6)8(9)10;1-6(2)7-3-4-11(9,10)8-5-7;1-5(2)3-6-4-8-7(9)10-6;2*1-6(2)7-4-3-5-7;1-5(2)6-3-9(7,8)4-6;;;;;;/h7-10H,5-6H2,1-4H3;8-11H,3-7H2,1-2H3;3*7,9-10H,5-6H2,1-4H3;8-9H,5-7H2,1-4H3;5-7H,3-4H2,1-2H3,(H,9,10);6-8H,3-5H2,1-2H3;5-6H,3-4H2,1-2H3,(H,8,9);2*6-7H,3-5H2,1-2H3;5-6H,3-4H2,1-2H3;6*1H4/t8?,9-,10+;;;;;;;;;;;;;;;;;. The highest BCUT2D eigenvalue weighted by atomic mass is 32.2. The van der Waals surface area contributed by atoms with E-state index in [1.54, 1.807) is 20.8 Å². The Balaban J connectivity index is -0.000000676. The maximum atomic E-state index is 11.0. The van der Waals surface area contributed by atoms with Gasteiger partial charge in [0.15, 0.2) is 15.6 Å². The van der Waals surface area contributed by atoms with E-state index >= 15 is 0 Å². The number of hydrogen-bond donors (Lipinski definition) is 3. The fraction of sp³-hybridized carbons (Fsp3) is 0.955. The Morgan fingerprint density at radius 2 is 0.758 bits per heavy atom. The number of sulfonamides is 1. The molecule has 0 radical (unpaired) electrons. The molecule has 14 rings (SSSR count). The number of nitrogens with zero attached hydrogens (tertiary/aromatic N) is 3. The Morgan fingerprint density at radius 3 is 1.01 bits per heavy atom. The van der Waals surface area contributed by atoms with Crippen molar-refractivity contribution in [3.8, 4) is 0 Å². The van der Waals surface area contributed by atoms with Crippen molar-refractivity contribution in [3.63, 3.8) is 0 Å². The van der Waals surface area contributed by atoms with Crippen LogP contribution < -0.4 is 10.0 Å². The summed E-state index contributed by atoms with van der Waals surface area (Å²) in [5.74, 6) is 19.6. The van der Waals surface area contributed by atoms with Crippen molar-refractivity contribution < 1.29 is 69.6 Å². The molecular formula is C110H223N5O15S2. The third-order valence-corrected chi connectivity index (χ3v) is 34.6. The first-order valence-corrected chi connectivity index (χ1v) is 54.4. The van der Waals surface area contributed by atoms with Crippen LogP contribution in [0.1, 0.15) is 413 Å². The highest BCUT2D eigenvalue weighted by Crippen LogP contribution is 2.46. The minimum atomic E-state index is -2.90. The normalized spacial score (nSPS) is 29.3. The van der Waals surface area contributed by atoms with E-state index in [1.165, 1.54) is 128 Å². The quantitative estimate of drug-likeness (QED) is 0.122. The van der Waals surface area contributed by atoms with Crippen molar-refractivity contribution >= 4 is 49.6 Å². The van der Waals surface area contributed by atoms with Gasteiger partial charge >= 0.3 is 12.1 Å². The average Bonchev–Trinajstić information content (AvgIpc) is 1.63. The molecule has 20 nitrogen and oxygen atoms in total. The molecular weight excluding hydrogens is 1700 g/mol. The number of ether oxygens (including phenoxy) is 5. The lowest BCUT2D eigenvalue weighted by Gasteiger charge is -2.42. The molecule has 22 heteroatoms. The Hall–Kier alpha value is -3.15. The van der Waals surface area contributed by atoms with E-state index in [-0.39, 0.29) is 91.8 Å². The van der Waals surface area contributed by atoms with Gasteiger partial charge in [-0.15, -0.1) is 0 Å². The van der Waals surface area contributed by atoms with Crippen LogP contribution in [0.2, 0.25) is 0 Å². The van der Waals surface area contributed by atoms with Crippen molar-refractivity contribution in [2.45, 2.75) is 467 Å². The van der Waals surface area contributed by atoms with E-state index in [1.807, 2.05) is 49.7 Å². The molecule has 14 fully saturated rings. The van der Waals surface area contributed by atoms with Crippen LogP contribution in [0.3, 0.4) is 0 Å². The minimum absolute atomic E-state index is 0. The molecule has 14 aliphatic rings. The van der Waals surface area contributed by atoms with Crippen molar-refractivity contribution in [2.75, 3.05) is 64.7 Å². The van der Waals surface area contributed by atoms with Gasteiger partial charge in [0.05, 0.1) is 60.2 Å². The molecule has 6 heterocycles. The Bertz CT molecular complexity index is 3130. The summed E-state index contributed by atoms with van der Waals surface area (Å²) in [7, 11) is 0.244. The van der Waals surface area contributed by atoms with Gasteiger partial charge in [0, 0.05) is 73.2 Å². The molecule has 0 aromatic carbocycles. The first-order valence-electron chi connectivity index (χ1n) is 50.9. The highest BCUT2D eigenvalue weighted by Gasteiger charge is 2.48. The molecule has 0 spiro atoms. The summed E-state index contributed by atoms with van der Waals surface area (Å²) in [6, 6.07) is 1.57. The van der Waals surface area contributed by atoms with Gasteiger partial charge in [0.2, 0.25) is 27.7 Å². The number of amides is 4. The number of carboxylic acid groups (broad SMARTS) is 1. The van der Waals surface area contributed by atoms with Gasteiger partial charge in [0.25, 0.3) is 0 Å². The summed E-state index contributed by atoms with van der Waals surface area (Å²) in [6.45, 7) is 70.2. The minimum Gasteiger partial charge on any atom is -0.481 e. The number of nitrogens with one attached hydrogen (secondary N) is 2. The predicted octanol–water partition coefficient (Wildman–Crippen LogP) is 26.8. The summed E-state index contributed by atoms with van der Waals surface area (Å²) >= 11 is 0. The highest BCUT2D eigenvalue weighted by molar-refractivity contribution is 7.92. The maximum Gasteiger partial charge on any atom is 0.407 e. The topological polar surface area (TPSA) is 254 Å². The molecule has 3 N–H and O–H groups in total. The third-order valence-electron chi connectivity index (χ3n) is 31.4. The SMILES string of the molecule is C.C.C.C.C.C.CC(=O)N(C)C1CC(C(C)C)C1.CC(=O)N(C)C1CC(C(C)C)C1.CC(=O)N(C)C1CC(C(C)C)C1.CC(C)C1CC(C(=O)O)C1.CC(C)C1CC2CCCOC2C1.CC(C)C1CCC(C)(C)OC1.CC(C)C1CCC1.CC(C)C1CCC1.CC(C)C1CCS(=O)(=O)NC1.CC(C)C1CS(=O)(=O)C1.CC(C)C1C[C@@H]2OC(C)(C)O[C@@H]2C1.CC(C)CC1CNC(=O)O1. The number of carbonyl (C=O) groups is 5. The Labute approximate surface area is 818 Å². The van der Waals surface area contributed by atoms with Crippen LogP contribution in [-0.2, 0) is 62.7 Å². The molecule has 4 amide bonds. The van der Waals surface area contributed by atoms with Crippen LogP contribution in [0.25, 0.3) is 0 Å². The molecule has 6 aliphatic heterocycles. The number of fused-ring (bicyclic) bond motifs is 2. The van der Waals surface area contributed by atoms with Gasteiger partial charge in [-0.1, -0.05) is 249 Å². The average molecular weight is 1920 g/mol. The number of rotatable bonds is 17. The molecule has 0 bridgehead atoms. The molecule has 8 saturated carbocycles. The molecule has 0 aromatic heterocycles. The van der Waals surface area contributed by atoms with Crippen LogP contribution in [0.5, 0.6) is 0 Å². The fourth-order valence-corrected chi connectivity index (χ4v) is 22.3. The van der Waals surface area contributed by atoms with E-state index in [0.29, 0.717) is 108 Å². The van der Waals surface area contributed by atoms with Gasteiger partial charge in [0.1, 0.15) is 6.10 Å². The van der Waals surface area contributed by atoms with Crippen LogP contribution in [-0.4, -0.2) is 185 Å². The van der Waals surface area contributed by atoms with E-state index < -0.39 is 25.8 Å². The number of sulfone groups is 1. The van der Waals surface area contributed by atoms with Crippen molar-refractivity contribution in [1.82, 2.24) is 24.7 Å². The van der Waals surface area contributed by atoms with Gasteiger partial charge in [-0.25, -0.2) is 26.4 Å². The van der Waals surface area contributed by atoms with E-state index in [9.17, 15) is 40.8 Å². The molecule has 790 valence electrons. The zero-order valence-electron chi connectivity index (χ0n) is 87.2. The zero-order valence-corrected chi connectivity index (χ0v) is 88.8. The number of cyclic esters (lactones) is 1. The maximum absolute atomic E-state index is 11.0. The summed E-state index contributed by atoms with van der Waals surface area (Å²) in [5.41, 5.74) is 0.144. The van der Waals surface area contributed by atoms with Gasteiger partial charge < -0.3 is 48.8 Å². The molecule has 8 aliphatic carbocycles. The lowest BCUT2D eigenvalue weighted by Crippen LogP contribution is -2.46. The van der Waals surface area contributed by atoms with Crippen LogP contribution in [0, 0.1) is 148 Å². The van der Waals surface area contributed by atoms with Crippen molar-refractivity contribution in [1.29, 1.82) is 0 Å². The number of hydrogen-bond acceptors (Lipinski definition) is 14. The second-order valence-corrected chi connectivity index (χ2v) is 50.4. The van der Waals surface area contributed by atoms with Crippen LogP contribution in [0.15, 0.2) is 0 Å². The first-order chi connectivity index (χ1) is 58.2. The summed E-state index contributed by atoms with van der Waals surface area (Å²) < 4.78 is 73.7. The van der Waals surface area contributed by atoms with E-state index in [2.05, 4.69) is 190 Å². The number of carboxylic acids is 1. The molecule has 132 heavy (non-hydrogen) atoms. The second-order valence-electron chi connectivity index (χ2n) is 46.3. The second kappa shape index (κ2) is 64.3. The number of alkyl carbamates (subject to hydrolysis) is 1. The lowest BCUT2D eigenvalue weighted by molar-refractivity contribution is -0.154. The van der Waals surface area contributed by atoms with E-state index in [4.69, 9.17) is 28.8 Å². The fourth-order valence-electron chi connectivity index (χ4n) is 19.1. The Kier molecular flexibility index (Phi) is 65.8. The number of aliphatic carboxylic acids is 1. The molecule has 0 aromatic rings. The summed E-state index contributed by atoms with van der Waals surface area (Å²) in [6.07, 6.45) is 31.4. The molecule has 9 atom stereocenters. The van der Waals surface area contributed by atoms with Gasteiger partial charge in [-0.2, -0.15) is 0 Å². The van der Waals surface area contributed by atoms with E-state index in [0.717, 1.165) is 140 Å². The van der Waals surface area contributed by atoms with Gasteiger partial charge in [-0.05, 0) is 285 Å². The lowest BCUT2D eigenvalue weighted by atomic mass is 9.70. The predicted molar refractivity (Wildman–Crippen MR) is 561 cm³/mol. The van der Waals surface area contributed by atoms with Crippen LogP contribution >= 0.6 is 0 Å². The zero-order chi connectivity index (χ0) is 96.0. The third kappa shape index (κ3) is 49.8. The first kappa shape index (κ1) is 135. The largest absolute Gasteiger partial charge is 0.481 e. The van der Waals surface area contributed by atoms with Crippen molar-refractivity contribution in [3.05, 3.63) is 0 Å². The smallest absolute Gasteiger partial charge is 0.407 e. The Morgan fingerprint density at radius 1 is 0.417 bits per heavy atom. The summed E-state index contributed by atoms with van der Waals surface area (Å²) in [5, 5.41) is 11.1. The van der Waals surface area contributed by atoms with Gasteiger partial charge in [-0.3, -0.25) is 19.2 Å². The number of carbonyl (C=O) groups excluding carboxylic acids is 4. The monoisotopic (exact) mass is 1920 g/mol. The summed E-state index contributed by atoms with van der Waals surface area (Å²) in [4.78, 5) is 59.4. The molecule has 7 unspecified atom stereocenters. The molecule has 6 saturated heterocycles. The van der Waals surface area contributed by atoms with Crippen molar-refractivity contribution in [2.24, 2.45) is 148 Å². The van der Waals surface area contributed by atoms with Crippen LogP contribution in [0.4, 0.5) is 4.79 Å².